The minimum absolute atomic E-state index is 0.0719. The van der Waals surface area contributed by atoms with Gasteiger partial charge in [-0.1, -0.05) is 0 Å². The average molecular weight is 336 g/mol. The molecular formula is C3H4I2N3-. The van der Waals surface area contributed by atoms with E-state index in [1.54, 1.807) is 0 Å². The monoisotopic (exact) mass is 336 g/mol. The summed E-state index contributed by atoms with van der Waals surface area (Å²) < 4.78 is 1.88. The normalized spacial score (nSPS) is 10.2. The van der Waals surface area contributed by atoms with Crippen molar-refractivity contribution in [2.24, 2.45) is 0 Å². The molecule has 46 valence electrons. The Morgan fingerprint density at radius 2 is 2.50 bits per heavy atom. The third-order valence-corrected chi connectivity index (χ3v) is 2.53. The van der Waals surface area contributed by atoms with Gasteiger partial charge in [0.25, 0.3) is 0 Å². The predicted molar refractivity (Wildman–Crippen MR) is 33.7 cm³/mol. The van der Waals surface area contributed by atoms with Crippen LogP contribution in [0.1, 0.15) is 0 Å². The van der Waals surface area contributed by atoms with Crippen LogP contribution in [-0.4, -0.2) is 20.1 Å². The van der Waals surface area contributed by atoms with E-state index in [0.29, 0.717) is 0 Å². The molecule has 0 aliphatic carbocycles. The Balaban J connectivity index is 2.84. The maximum absolute atomic E-state index is 4.10. The van der Waals surface area contributed by atoms with Gasteiger partial charge in [-0.15, -0.1) is 0 Å². The third kappa shape index (κ3) is 1.54. The summed E-state index contributed by atoms with van der Waals surface area (Å²) in [5.74, 6) is 0. The molecule has 1 rings (SSSR count). The number of nitrogens with one attached hydrogen (secondary N) is 1. The Kier molecular flexibility index (Phi) is 2.47. The van der Waals surface area contributed by atoms with E-state index in [-0.39, 0.29) is 21.2 Å². The first-order valence-electron chi connectivity index (χ1n) is 1.90. The Morgan fingerprint density at radius 3 is 2.75 bits per heavy atom. The van der Waals surface area contributed by atoms with Crippen LogP contribution in [0.4, 0.5) is 0 Å². The first kappa shape index (κ1) is 6.72. The molecule has 0 saturated heterocycles. The van der Waals surface area contributed by atoms with Crippen molar-refractivity contribution in [2.45, 2.75) is 0 Å². The van der Waals surface area contributed by atoms with Crippen molar-refractivity contribution in [2.75, 3.05) is 4.93 Å². The van der Waals surface area contributed by atoms with Crippen molar-refractivity contribution < 1.29 is 21.2 Å². The molecule has 0 aliphatic heterocycles. The second kappa shape index (κ2) is 2.95. The van der Waals surface area contributed by atoms with Gasteiger partial charge in [0, 0.05) is 0 Å². The van der Waals surface area contributed by atoms with Crippen molar-refractivity contribution in [1.82, 2.24) is 15.2 Å². The van der Waals surface area contributed by atoms with E-state index in [0.717, 1.165) is 7.66 Å². The van der Waals surface area contributed by atoms with Crippen LogP contribution in [0.3, 0.4) is 0 Å². The summed E-state index contributed by atoms with van der Waals surface area (Å²) in [6.07, 6.45) is 0. The molecule has 0 atom stereocenters. The molecule has 1 aromatic heterocycles. The van der Waals surface area contributed by atoms with E-state index in [1.807, 2.05) is 0 Å². The molecule has 0 amide bonds. The quantitative estimate of drug-likeness (QED) is 0.448. The fraction of sp³-hybridized carbons (Fsp3) is 0.333. The van der Waals surface area contributed by atoms with Gasteiger partial charge in [0.05, 0.1) is 0 Å². The summed E-state index contributed by atoms with van der Waals surface area (Å²) in [6, 6.07) is 0. The number of aromatic amines is 1. The number of rotatable bonds is 1. The van der Waals surface area contributed by atoms with Crippen molar-refractivity contribution in [3.8, 4) is 0 Å². The molecule has 0 fully saturated rings. The fourth-order valence-electron chi connectivity index (χ4n) is 0.308. The topological polar surface area (TPSA) is 41.6 Å². The summed E-state index contributed by atoms with van der Waals surface area (Å²) >= 11 is 2.18. The predicted octanol–water partition coefficient (Wildman–Crippen LogP) is -2.70. The van der Waals surface area contributed by atoms with E-state index < -0.39 is 0 Å². The second-order valence-electron chi connectivity index (χ2n) is 1.08. The number of aromatic nitrogens is 3. The van der Waals surface area contributed by atoms with Gasteiger partial charge in [-0.3, -0.25) is 0 Å². The first-order valence-corrected chi connectivity index (χ1v) is 6.22. The van der Waals surface area contributed by atoms with Gasteiger partial charge in [-0.05, 0) is 0 Å². The molecule has 0 bridgehead atoms. The fourth-order valence-corrected chi connectivity index (χ4v) is 1.96. The van der Waals surface area contributed by atoms with Crippen LogP contribution in [-0.2, 0) is 0 Å². The number of alkyl halides is 1. The average Bonchev–Trinajstić information content (AvgIpc) is 2.14. The van der Waals surface area contributed by atoms with Crippen molar-refractivity contribution in [3.05, 3.63) is 7.66 Å². The van der Waals surface area contributed by atoms with E-state index in [9.17, 15) is 0 Å². The van der Waals surface area contributed by atoms with Crippen LogP contribution < -0.4 is 21.2 Å². The van der Waals surface area contributed by atoms with Gasteiger partial charge in [-0.2, -0.15) is 0 Å². The Labute approximate surface area is 71.1 Å². The summed E-state index contributed by atoms with van der Waals surface area (Å²) in [6.45, 7) is 0. The van der Waals surface area contributed by atoms with Crippen LogP contribution in [0.25, 0.3) is 0 Å². The van der Waals surface area contributed by atoms with Gasteiger partial charge in [0.15, 0.2) is 0 Å². The molecule has 5 heteroatoms. The zero-order valence-electron chi connectivity index (χ0n) is 4.15. The number of nitrogens with zero attached hydrogens (tertiary/aromatic N) is 2. The van der Waals surface area contributed by atoms with Gasteiger partial charge in [-0.25, -0.2) is 0 Å². The summed E-state index contributed by atoms with van der Waals surface area (Å²) in [5.41, 5.74) is 0. The van der Waals surface area contributed by atoms with E-state index >= 15 is 0 Å². The van der Waals surface area contributed by atoms with Crippen LogP contribution in [0, 0.1) is 7.66 Å². The van der Waals surface area contributed by atoms with E-state index in [1.165, 1.54) is 0 Å². The molecule has 0 radical (unpaired) electrons. The summed E-state index contributed by atoms with van der Waals surface area (Å²) in [5, 5.41) is 6.71. The molecule has 0 aliphatic rings. The Morgan fingerprint density at radius 1 is 1.75 bits per heavy atom. The number of H-pyrrole nitrogens is 1. The first-order chi connectivity index (χ1) is 3.83. The van der Waals surface area contributed by atoms with E-state index in [2.05, 4.69) is 42.7 Å². The maximum atomic E-state index is 4.10. The van der Waals surface area contributed by atoms with E-state index in [4.69, 9.17) is 0 Å². The van der Waals surface area contributed by atoms with Crippen molar-refractivity contribution in [3.63, 3.8) is 0 Å². The zero-order valence-corrected chi connectivity index (χ0v) is 8.47. The summed E-state index contributed by atoms with van der Waals surface area (Å²) in [7, 11) is 0. The third-order valence-electron chi connectivity index (χ3n) is 0.600. The standard InChI is InChI=1S/C3H4I2N3/c1-5-3-6-2(4)7-8-3/h1H3,(H,6,7,8)/q-1. The molecule has 8 heavy (non-hydrogen) atoms. The molecule has 3 nitrogen and oxygen atoms in total. The molecule has 1 heterocycles. The van der Waals surface area contributed by atoms with Gasteiger partial charge >= 0.3 is 71.6 Å². The van der Waals surface area contributed by atoms with Crippen LogP contribution >= 0.6 is 22.6 Å². The van der Waals surface area contributed by atoms with Crippen molar-refractivity contribution >= 4 is 22.6 Å². The van der Waals surface area contributed by atoms with Crippen LogP contribution in [0.5, 0.6) is 0 Å². The summed E-state index contributed by atoms with van der Waals surface area (Å²) in [4.78, 5) is 6.24. The second-order valence-corrected chi connectivity index (χ2v) is 4.15. The molecule has 0 unspecified atom stereocenters. The number of hydrogen-bond acceptors (Lipinski definition) is 2. The zero-order chi connectivity index (χ0) is 5.98. The molecular weight excluding hydrogens is 332 g/mol. The molecule has 1 aromatic rings. The Bertz CT molecular complexity index is 173. The van der Waals surface area contributed by atoms with Crippen LogP contribution in [0.15, 0.2) is 0 Å². The SMILES string of the molecule is C[I-]c1n[nH]c(I)n1. The molecule has 0 saturated carbocycles. The number of hydrogen-bond donors (Lipinski definition) is 1. The number of halogens is 2. The Hall–Kier alpha value is 0.600. The van der Waals surface area contributed by atoms with Gasteiger partial charge in [0.2, 0.25) is 0 Å². The van der Waals surface area contributed by atoms with Crippen molar-refractivity contribution in [1.29, 1.82) is 0 Å². The molecule has 0 aromatic carbocycles. The van der Waals surface area contributed by atoms with Gasteiger partial charge in [0.1, 0.15) is 0 Å². The molecule has 1 N–H and O–H groups in total. The van der Waals surface area contributed by atoms with Crippen LogP contribution in [0.2, 0.25) is 0 Å². The van der Waals surface area contributed by atoms with Gasteiger partial charge < -0.3 is 0 Å². The minimum atomic E-state index is 0.0719. The molecule has 0 spiro atoms.